The number of imide groups is 1. The van der Waals surface area contributed by atoms with Crippen LogP contribution in [0, 0.1) is 6.92 Å². The summed E-state index contributed by atoms with van der Waals surface area (Å²) in [4.78, 5) is 62.4. The van der Waals surface area contributed by atoms with E-state index in [1.807, 2.05) is 61.5 Å². The zero-order valence-corrected chi connectivity index (χ0v) is 24.8. The van der Waals surface area contributed by atoms with E-state index >= 15 is 0 Å². The van der Waals surface area contributed by atoms with Gasteiger partial charge in [0.1, 0.15) is 11.7 Å². The Balaban J connectivity index is 1.38. The molecular formula is C33H32N4O5S. The molecule has 2 heterocycles. The topological polar surface area (TPSA) is 99.6 Å². The van der Waals surface area contributed by atoms with Gasteiger partial charge in [0.15, 0.2) is 5.17 Å². The number of carbonyl (C=O) groups is 4. The van der Waals surface area contributed by atoms with Gasteiger partial charge in [-0.05, 0) is 49.2 Å². The predicted octanol–water partition coefficient (Wildman–Crippen LogP) is 4.67. The summed E-state index contributed by atoms with van der Waals surface area (Å²) < 4.78 is 5.18. The Hall–Kier alpha value is -4.54. The molecule has 220 valence electrons. The SMILES string of the molecule is COCCCN(C(=O)CSC1=N/C(=C/c2ccc(C)cc2)C(=O)N1c1ccccc1)[C@H]1CC(=O)N(c2ccccc2)C1=O. The number of ether oxygens (including phenoxy) is 1. The van der Waals surface area contributed by atoms with E-state index in [2.05, 4.69) is 4.99 Å². The molecule has 0 N–H and O–H groups in total. The zero-order chi connectivity index (χ0) is 30.3. The Kier molecular flexibility index (Phi) is 9.48. The third-order valence-electron chi connectivity index (χ3n) is 7.13. The summed E-state index contributed by atoms with van der Waals surface area (Å²) >= 11 is 1.12. The Morgan fingerprint density at radius 2 is 1.58 bits per heavy atom. The molecule has 0 aliphatic carbocycles. The average molecular weight is 597 g/mol. The first-order valence-corrected chi connectivity index (χ1v) is 15.0. The molecule has 0 bridgehead atoms. The van der Waals surface area contributed by atoms with Gasteiger partial charge in [-0.3, -0.25) is 24.1 Å². The lowest BCUT2D eigenvalue weighted by atomic mass is 10.1. The van der Waals surface area contributed by atoms with Crippen LogP contribution < -0.4 is 9.80 Å². The summed E-state index contributed by atoms with van der Waals surface area (Å²) in [6.07, 6.45) is 2.12. The van der Waals surface area contributed by atoms with Crippen LogP contribution in [0.5, 0.6) is 0 Å². The van der Waals surface area contributed by atoms with Crippen molar-refractivity contribution in [3.05, 3.63) is 102 Å². The van der Waals surface area contributed by atoms with Crippen LogP contribution in [0.1, 0.15) is 24.0 Å². The number of aryl methyl sites for hydroxylation is 1. The van der Waals surface area contributed by atoms with Crippen LogP contribution in [0.4, 0.5) is 11.4 Å². The fourth-order valence-electron chi connectivity index (χ4n) is 4.97. The molecular weight excluding hydrogens is 564 g/mol. The summed E-state index contributed by atoms with van der Waals surface area (Å²) in [5, 5.41) is 0.361. The molecule has 0 saturated carbocycles. The van der Waals surface area contributed by atoms with Crippen molar-refractivity contribution in [2.75, 3.05) is 35.8 Å². The van der Waals surface area contributed by atoms with Gasteiger partial charge in [-0.15, -0.1) is 0 Å². The van der Waals surface area contributed by atoms with Crippen molar-refractivity contribution >= 4 is 58.0 Å². The summed E-state index contributed by atoms with van der Waals surface area (Å²) in [6, 6.07) is 24.7. The van der Waals surface area contributed by atoms with Gasteiger partial charge < -0.3 is 9.64 Å². The first-order valence-electron chi connectivity index (χ1n) is 14.0. The molecule has 1 saturated heterocycles. The van der Waals surface area contributed by atoms with E-state index in [0.717, 1.165) is 27.8 Å². The van der Waals surface area contributed by atoms with Crippen molar-refractivity contribution < 1.29 is 23.9 Å². The third-order valence-corrected chi connectivity index (χ3v) is 8.05. The maximum atomic E-state index is 13.7. The fraction of sp³-hybridized carbons (Fsp3) is 0.242. The van der Waals surface area contributed by atoms with Crippen LogP contribution in [0.3, 0.4) is 0 Å². The van der Waals surface area contributed by atoms with Gasteiger partial charge in [0.2, 0.25) is 11.8 Å². The second kappa shape index (κ2) is 13.6. The maximum absolute atomic E-state index is 13.7. The lowest BCUT2D eigenvalue weighted by Crippen LogP contribution is -2.47. The van der Waals surface area contributed by atoms with E-state index in [1.54, 1.807) is 43.5 Å². The highest BCUT2D eigenvalue weighted by molar-refractivity contribution is 8.14. The monoisotopic (exact) mass is 596 g/mol. The van der Waals surface area contributed by atoms with E-state index in [0.29, 0.717) is 29.6 Å². The number of hydrogen-bond donors (Lipinski definition) is 0. The molecule has 5 rings (SSSR count). The number of hydrogen-bond acceptors (Lipinski definition) is 7. The summed E-state index contributed by atoms with van der Waals surface area (Å²) in [7, 11) is 1.57. The van der Waals surface area contributed by atoms with Crippen LogP contribution in [0.2, 0.25) is 0 Å². The standard InChI is InChI=1S/C33H32N4O5S/c1-23-14-16-24(17-15-23)20-27-31(40)37(26-12-7-4-8-13-26)33(34-27)43-22-30(39)35(18-9-19-42-2)28-21-29(38)36(32(28)41)25-10-5-3-6-11-25/h3-8,10-17,20,28H,9,18-19,21-22H2,1-2H3/b27-20+/t28-/m0/s1. The lowest BCUT2D eigenvalue weighted by Gasteiger charge is -2.28. The Bertz CT molecular complexity index is 1560. The van der Waals surface area contributed by atoms with Gasteiger partial charge in [0.25, 0.3) is 11.8 Å². The Morgan fingerprint density at radius 1 is 0.953 bits per heavy atom. The van der Waals surface area contributed by atoms with Crippen LogP contribution in [0.25, 0.3) is 6.08 Å². The number of rotatable bonds is 10. The molecule has 3 aromatic carbocycles. The minimum atomic E-state index is -0.924. The second-order valence-electron chi connectivity index (χ2n) is 10.2. The normalized spacial score (nSPS) is 17.6. The molecule has 4 amide bonds. The van der Waals surface area contributed by atoms with Crippen LogP contribution in [-0.4, -0.2) is 65.8 Å². The molecule has 2 aliphatic rings. The summed E-state index contributed by atoms with van der Waals surface area (Å²) in [5.74, 6) is -1.50. The Labute approximate surface area is 254 Å². The molecule has 0 spiro atoms. The van der Waals surface area contributed by atoms with Gasteiger partial charge in [0, 0.05) is 20.3 Å². The molecule has 0 aromatic heterocycles. The van der Waals surface area contributed by atoms with Gasteiger partial charge >= 0.3 is 0 Å². The molecule has 2 aliphatic heterocycles. The molecule has 0 unspecified atom stereocenters. The highest BCUT2D eigenvalue weighted by Gasteiger charge is 2.44. The number of methoxy groups -OCH3 is 1. The van der Waals surface area contributed by atoms with Gasteiger partial charge in [-0.25, -0.2) is 9.89 Å². The minimum Gasteiger partial charge on any atom is -0.385 e. The molecule has 3 aromatic rings. The number of aliphatic imine (C=N–C) groups is 1. The van der Waals surface area contributed by atoms with E-state index < -0.39 is 11.9 Å². The number of anilines is 2. The summed E-state index contributed by atoms with van der Waals surface area (Å²) in [5.41, 5.74) is 3.31. The number of carbonyl (C=O) groups excluding carboxylic acids is 4. The van der Waals surface area contributed by atoms with Crippen molar-refractivity contribution in [2.24, 2.45) is 4.99 Å². The van der Waals surface area contributed by atoms with Crippen LogP contribution in [0.15, 0.2) is 95.6 Å². The van der Waals surface area contributed by atoms with Crippen molar-refractivity contribution in [2.45, 2.75) is 25.8 Å². The van der Waals surface area contributed by atoms with Crippen molar-refractivity contribution in [3.8, 4) is 0 Å². The molecule has 1 atom stereocenters. The summed E-state index contributed by atoms with van der Waals surface area (Å²) in [6.45, 7) is 2.63. The first-order chi connectivity index (χ1) is 20.9. The van der Waals surface area contributed by atoms with Gasteiger partial charge in [-0.1, -0.05) is 78.0 Å². The Morgan fingerprint density at radius 3 is 2.21 bits per heavy atom. The van der Waals surface area contributed by atoms with Gasteiger partial charge in [-0.2, -0.15) is 0 Å². The predicted molar refractivity (Wildman–Crippen MR) is 169 cm³/mol. The number of benzene rings is 3. The molecule has 9 nitrogen and oxygen atoms in total. The number of thioether (sulfide) groups is 1. The van der Waals surface area contributed by atoms with E-state index in [9.17, 15) is 19.2 Å². The molecule has 1 fully saturated rings. The van der Waals surface area contributed by atoms with Gasteiger partial charge in [0.05, 0.1) is 23.5 Å². The molecule has 10 heteroatoms. The quantitative estimate of drug-likeness (QED) is 0.192. The largest absolute Gasteiger partial charge is 0.385 e. The first kappa shape index (κ1) is 29.9. The van der Waals surface area contributed by atoms with Crippen molar-refractivity contribution in [1.82, 2.24) is 4.90 Å². The lowest BCUT2D eigenvalue weighted by molar-refractivity contribution is -0.136. The maximum Gasteiger partial charge on any atom is 0.283 e. The molecule has 0 radical (unpaired) electrons. The molecule has 43 heavy (non-hydrogen) atoms. The fourth-order valence-corrected chi connectivity index (χ4v) is 5.87. The van der Waals surface area contributed by atoms with Crippen molar-refractivity contribution in [1.29, 1.82) is 0 Å². The number of nitrogens with zero attached hydrogens (tertiary/aromatic N) is 4. The third kappa shape index (κ3) is 6.76. The van der Waals surface area contributed by atoms with Crippen LogP contribution >= 0.6 is 11.8 Å². The number of amidine groups is 1. The zero-order valence-electron chi connectivity index (χ0n) is 24.0. The van der Waals surface area contributed by atoms with Crippen LogP contribution in [-0.2, 0) is 23.9 Å². The highest BCUT2D eigenvalue weighted by atomic mass is 32.2. The second-order valence-corrected chi connectivity index (χ2v) is 11.1. The number of para-hydroxylation sites is 2. The number of amides is 4. The van der Waals surface area contributed by atoms with E-state index in [4.69, 9.17) is 4.74 Å². The van der Waals surface area contributed by atoms with E-state index in [1.165, 1.54) is 9.80 Å². The van der Waals surface area contributed by atoms with Crippen molar-refractivity contribution in [3.63, 3.8) is 0 Å². The highest BCUT2D eigenvalue weighted by Crippen LogP contribution is 2.31. The van der Waals surface area contributed by atoms with E-state index in [-0.39, 0.29) is 42.1 Å². The minimum absolute atomic E-state index is 0.0798. The average Bonchev–Trinajstić information content (AvgIpc) is 3.49. The smallest absolute Gasteiger partial charge is 0.283 e.